The summed E-state index contributed by atoms with van der Waals surface area (Å²) in [4.78, 5) is 22.4. The number of carbonyl (C=O) groups is 2. The number of aliphatic hydroxyl groups excluding tert-OH is 1. The van der Waals surface area contributed by atoms with E-state index in [0.29, 0.717) is 11.4 Å². The molecule has 0 saturated heterocycles. The molecule has 0 radical (unpaired) electrons. The Labute approximate surface area is 104 Å². The molecule has 18 heavy (non-hydrogen) atoms. The Morgan fingerprint density at radius 2 is 2.39 bits per heavy atom. The van der Waals surface area contributed by atoms with Gasteiger partial charge in [0.15, 0.2) is 6.61 Å². The number of anilines is 1. The quantitative estimate of drug-likeness (QED) is 0.705. The molecule has 1 aliphatic rings. The molecule has 1 aliphatic heterocycles. The number of rotatable bonds is 3. The van der Waals surface area contributed by atoms with E-state index in [1.807, 2.05) is 0 Å². The van der Waals surface area contributed by atoms with E-state index in [2.05, 4.69) is 10.6 Å². The van der Waals surface area contributed by atoms with Crippen molar-refractivity contribution in [1.29, 1.82) is 0 Å². The van der Waals surface area contributed by atoms with Crippen molar-refractivity contribution in [3.63, 3.8) is 0 Å². The third-order valence-corrected chi connectivity index (χ3v) is 2.52. The van der Waals surface area contributed by atoms with Crippen LogP contribution in [-0.2, 0) is 16.1 Å². The van der Waals surface area contributed by atoms with Gasteiger partial charge in [-0.3, -0.25) is 9.59 Å². The molecule has 1 unspecified atom stereocenters. The summed E-state index contributed by atoms with van der Waals surface area (Å²) in [5.74, 6) is -0.0270. The van der Waals surface area contributed by atoms with Crippen molar-refractivity contribution < 1.29 is 19.4 Å². The van der Waals surface area contributed by atoms with Gasteiger partial charge in [-0.1, -0.05) is 6.07 Å². The van der Waals surface area contributed by atoms with Gasteiger partial charge in [-0.15, -0.1) is 0 Å². The summed E-state index contributed by atoms with van der Waals surface area (Å²) < 4.78 is 5.22. The number of carbonyl (C=O) groups excluding carboxylic acids is 2. The Balaban J connectivity index is 2.04. The summed E-state index contributed by atoms with van der Waals surface area (Å²) in [6.45, 7) is 1.70. The molecule has 6 nitrogen and oxygen atoms in total. The molecule has 0 bridgehead atoms. The highest BCUT2D eigenvalue weighted by Gasteiger charge is 2.16. The summed E-state index contributed by atoms with van der Waals surface area (Å²) in [5, 5.41) is 14.3. The lowest BCUT2D eigenvalue weighted by Crippen LogP contribution is -2.32. The van der Waals surface area contributed by atoms with Crippen LogP contribution in [0.2, 0.25) is 0 Å². The van der Waals surface area contributed by atoms with E-state index >= 15 is 0 Å². The zero-order valence-electron chi connectivity index (χ0n) is 9.90. The zero-order valence-corrected chi connectivity index (χ0v) is 9.90. The Hall–Kier alpha value is -2.08. The van der Waals surface area contributed by atoms with Crippen LogP contribution in [0.5, 0.6) is 5.75 Å². The van der Waals surface area contributed by atoms with Gasteiger partial charge in [0.05, 0.1) is 5.69 Å². The molecule has 0 aromatic heterocycles. The molecule has 2 amide bonds. The second-order valence-corrected chi connectivity index (χ2v) is 4.06. The molecule has 1 aromatic carbocycles. The van der Waals surface area contributed by atoms with Crippen LogP contribution in [-0.4, -0.2) is 29.6 Å². The molecular formula is C12H14N2O4. The average molecular weight is 250 g/mol. The summed E-state index contributed by atoms with van der Waals surface area (Å²) in [6, 6.07) is 5.26. The molecular weight excluding hydrogens is 236 g/mol. The maximum absolute atomic E-state index is 11.2. The SMILES string of the molecule is CC(O)C(=O)NCc1ccc2c(c1)NC(=O)CO2. The first-order valence-corrected chi connectivity index (χ1v) is 5.57. The summed E-state index contributed by atoms with van der Waals surface area (Å²) in [6.07, 6.45) is -1.04. The number of hydrogen-bond donors (Lipinski definition) is 3. The van der Waals surface area contributed by atoms with Crippen LogP contribution in [0, 0.1) is 0 Å². The minimum atomic E-state index is -1.04. The van der Waals surface area contributed by atoms with Crippen molar-refractivity contribution in [3.8, 4) is 5.75 Å². The lowest BCUT2D eigenvalue weighted by Gasteiger charge is -2.18. The van der Waals surface area contributed by atoms with Gasteiger partial charge >= 0.3 is 0 Å². The van der Waals surface area contributed by atoms with Crippen molar-refractivity contribution in [3.05, 3.63) is 23.8 Å². The summed E-state index contributed by atoms with van der Waals surface area (Å²) in [5.41, 5.74) is 1.41. The van der Waals surface area contributed by atoms with Crippen molar-refractivity contribution in [1.82, 2.24) is 5.32 Å². The number of benzene rings is 1. The van der Waals surface area contributed by atoms with Gasteiger partial charge in [0.1, 0.15) is 11.9 Å². The summed E-state index contributed by atoms with van der Waals surface area (Å²) >= 11 is 0. The molecule has 1 atom stereocenters. The third kappa shape index (κ3) is 2.78. The fourth-order valence-corrected chi connectivity index (χ4v) is 1.58. The number of nitrogens with one attached hydrogen (secondary N) is 2. The average Bonchev–Trinajstić information content (AvgIpc) is 2.35. The van der Waals surface area contributed by atoms with Crippen LogP contribution < -0.4 is 15.4 Å². The first kappa shape index (κ1) is 12.4. The standard InChI is InChI=1S/C12H14N2O4/c1-7(15)12(17)13-5-8-2-3-10-9(4-8)14-11(16)6-18-10/h2-4,7,15H,5-6H2,1H3,(H,13,17)(H,14,16). The van der Waals surface area contributed by atoms with Gasteiger partial charge in [0.2, 0.25) is 5.91 Å². The van der Waals surface area contributed by atoms with Crippen LogP contribution in [0.15, 0.2) is 18.2 Å². The topological polar surface area (TPSA) is 87.7 Å². The maximum Gasteiger partial charge on any atom is 0.262 e. The van der Waals surface area contributed by atoms with E-state index in [-0.39, 0.29) is 19.1 Å². The van der Waals surface area contributed by atoms with Crippen molar-refractivity contribution in [2.24, 2.45) is 0 Å². The molecule has 0 spiro atoms. The number of ether oxygens (including phenoxy) is 1. The first-order valence-electron chi connectivity index (χ1n) is 5.57. The Kier molecular flexibility index (Phi) is 3.47. The monoisotopic (exact) mass is 250 g/mol. The van der Waals surface area contributed by atoms with Gasteiger partial charge in [-0.05, 0) is 24.6 Å². The lowest BCUT2D eigenvalue weighted by molar-refractivity contribution is -0.128. The predicted octanol–water partition coefficient (Wildman–Crippen LogP) is 0.0145. The molecule has 2 rings (SSSR count). The van der Waals surface area contributed by atoms with Crippen LogP contribution in [0.4, 0.5) is 5.69 Å². The normalized spacial score (nSPS) is 15.1. The summed E-state index contributed by atoms with van der Waals surface area (Å²) in [7, 11) is 0. The fraction of sp³-hybridized carbons (Fsp3) is 0.333. The van der Waals surface area contributed by atoms with Crippen molar-refractivity contribution >= 4 is 17.5 Å². The number of hydrogen-bond acceptors (Lipinski definition) is 4. The van der Waals surface area contributed by atoms with E-state index < -0.39 is 12.0 Å². The second kappa shape index (κ2) is 5.05. The largest absolute Gasteiger partial charge is 0.482 e. The molecule has 96 valence electrons. The van der Waals surface area contributed by atoms with E-state index in [1.165, 1.54) is 6.92 Å². The van der Waals surface area contributed by atoms with Gasteiger partial charge in [0.25, 0.3) is 5.91 Å². The van der Waals surface area contributed by atoms with E-state index in [0.717, 1.165) is 5.56 Å². The molecule has 3 N–H and O–H groups in total. The minimum Gasteiger partial charge on any atom is -0.482 e. The highest BCUT2D eigenvalue weighted by Crippen LogP contribution is 2.28. The predicted molar refractivity (Wildman–Crippen MR) is 64.1 cm³/mol. The van der Waals surface area contributed by atoms with Gasteiger partial charge in [0, 0.05) is 6.54 Å². The minimum absolute atomic E-state index is 0.0190. The number of aliphatic hydroxyl groups is 1. The number of amides is 2. The van der Waals surface area contributed by atoms with E-state index in [9.17, 15) is 9.59 Å². The van der Waals surface area contributed by atoms with Crippen LogP contribution in [0.3, 0.4) is 0 Å². The third-order valence-electron chi connectivity index (χ3n) is 2.52. The van der Waals surface area contributed by atoms with Gasteiger partial charge in [-0.2, -0.15) is 0 Å². The van der Waals surface area contributed by atoms with Crippen LogP contribution in [0.25, 0.3) is 0 Å². The highest BCUT2D eigenvalue weighted by molar-refractivity contribution is 5.95. The molecule has 6 heteroatoms. The van der Waals surface area contributed by atoms with Crippen LogP contribution >= 0.6 is 0 Å². The van der Waals surface area contributed by atoms with Crippen molar-refractivity contribution in [2.75, 3.05) is 11.9 Å². The molecule has 0 saturated carbocycles. The Morgan fingerprint density at radius 1 is 1.61 bits per heavy atom. The van der Waals surface area contributed by atoms with Gasteiger partial charge < -0.3 is 20.5 Å². The highest BCUT2D eigenvalue weighted by atomic mass is 16.5. The fourth-order valence-electron chi connectivity index (χ4n) is 1.58. The Morgan fingerprint density at radius 3 is 3.11 bits per heavy atom. The Bertz CT molecular complexity index is 485. The van der Waals surface area contributed by atoms with E-state index in [4.69, 9.17) is 9.84 Å². The first-order chi connectivity index (χ1) is 8.56. The smallest absolute Gasteiger partial charge is 0.262 e. The second-order valence-electron chi connectivity index (χ2n) is 4.06. The zero-order chi connectivity index (χ0) is 13.1. The lowest BCUT2D eigenvalue weighted by atomic mass is 10.1. The van der Waals surface area contributed by atoms with Gasteiger partial charge in [-0.25, -0.2) is 0 Å². The van der Waals surface area contributed by atoms with E-state index in [1.54, 1.807) is 18.2 Å². The maximum atomic E-state index is 11.2. The molecule has 0 aliphatic carbocycles. The van der Waals surface area contributed by atoms with Crippen LogP contribution in [0.1, 0.15) is 12.5 Å². The molecule has 0 fully saturated rings. The molecule has 1 heterocycles. The van der Waals surface area contributed by atoms with Crippen molar-refractivity contribution in [2.45, 2.75) is 19.6 Å². The number of fused-ring (bicyclic) bond motifs is 1. The molecule has 1 aromatic rings.